The molecule has 0 saturated heterocycles. The lowest BCUT2D eigenvalue weighted by molar-refractivity contribution is 0.0366. The molecule has 1 aromatic carbocycles. The zero-order valence-corrected chi connectivity index (χ0v) is 12.6. The average Bonchev–Trinajstić information content (AvgIpc) is 2.25. The van der Waals surface area contributed by atoms with Crippen molar-refractivity contribution >= 4 is 21.8 Å². The van der Waals surface area contributed by atoms with E-state index in [1.165, 1.54) is 12.0 Å². The Morgan fingerprint density at radius 3 is 2.61 bits per heavy atom. The quantitative estimate of drug-likeness (QED) is 0.927. The minimum absolute atomic E-state index is 0.185. The summed E-state index contributed by atoms with van der Waals surface area (Å²) in [5, 5.41) is 9.73. The van der Waals surface area contributed by atoms with Crippen LogP contribution in [0.1, 0.15) is 24.2 Å². The summed E-state index contributed by atoms with van der Waals surface area (Å²) in [6.45, 7) is 3.57. The zero-order chi connectivity index (χ0) is 13.9. The third-order valence-corrected chi connectivity index (χ3v) is 2.86. The minimum atomic E-state index is -0.927. The van der Waals surface area contributed by atoms with E-state index in [1.54, 1.807) is 33.0 Å². The third kappa shape index (κ3) is 3.99. The summed E-state index contributed by atoms with van der Waals surface area (Å²) in [7, 11) is 3.18. The summed E-state index contributed by atoms with van der Waals surface area (Å²) in [4.78, 5) is 13.7. The van der Waals surface area contributed by atoms with Gasteiger partial charge in [0, 0.05) is 18.1 Å². The second-order valence-electron chi connectivity index (χ2n) is 4.82. The molecule has 0 spiro atoms. The molecule has 1 amide bonds. The van der Waals surface area contributed by atoms with Crippen LogP contribution in [0.15, 0.2) is 22.7 Å². The molecule has 0 bridgehead atoms. The summed E-state index contributed by atoms with van der Waals surface area (Å²) in [5.41, 5.74) is -0.456. The van der Waals surface area contributed by atoms with Crippen molar-refractivity contribution in [2.45, 2.75) is 19.4 Å². The van der Waals surface area contributed by atoms with E-state index in [4.69, 9.17) is 4.74 Å². The van der Waals surface area contributed by atoms with Gasteiger partial charge in [-0.05, 0) is 32.0 Å². The number of likely N-dealkylation sites (N-methyl/N-ethyl adjacent to an activating group) is 1. The number of aliphatic hydroxyl groups is 1. The van der Waals surface area contributed by atoms with Gasteiger partial charge in [0.2, 0.25) is 0 Å². The molecule has 1 rings (SSSR count). The van der Waals surface area contributed by atoms with E-state index in [0.29, 0.717) is 11.3 Å². The minimum Gasteiger partial charge on any atom is -0.496 e. The first-order valence-corrected chi connectivity index (χ1v) is 6.35. The Hall–Kier alpha value is -1.07. The van der Waals surface area contributed by atoms with E-state index in [-0.39, 0.29) is 12.5 Å². The summed E-state index contributed by atoms with van der Waals surface area (Å²) in [6.07, 6.45) is 0. The number of methoxy groups -OCH3 is 1. The van der Waals surface area contributed by atoms with Crippen LogP contribution in [0.4, 0.5) is 0 Å². The molecule has 0 aromatic heterocycles. The number of hydrogen-bond acceptors (Lipinski definition) is 3. The maximum Gasteiger partial charge on any atom is 0.257 e. The van der Waals surface area contributed by atoms with Crippen molar-refractivity contribution in [3.8, 4) is 5.75 Å². The van der Waals surface area contributed by atoms with Crippen molar-refractivity contribution < 1.29 is 14.6 Å². The number of carbonyl (C=O) groups is 1. The molecule has 0 saturated carbocycles. The monoisotopic (exact) mass is 315 g/mol. The van der Waals surface area contributed by atoms with Crippen LogP contribution >= 0.6 is 15.9 Å². The number of ether oxygens (including phenoxy) is 1. The number of halogens is 1. The highest BCUT2D eigenvalue weighted by molar-refractivity contribution is 9.10. The first-order chi connectivity index (χ1) is 8.24. The van der Waals surface area contributed by atoms with Gasteiger partial charge in [0.25, 0.3) is 5.91 Å². The van der Waals surface area contributed by atoms with Gasteiger partial charge in [0.1, 0.15) is 5.75 Å². The smallest absolute Gasteiger partial charge is 0.257 e. The van der Waals surface area contributed by atoms with Crippen LogP contribution in [0.5, 0.6) is 5.75 Å². The van der Waals surface area contributed by atoms with Crippen molar-refractivity contribution in [1.29, 1.82) is 0 Å². The van der Waals surface area contributed by atoms with E-state index in [9.17, 15) is 9.90 Å². The number of carbonyl (C=O) groups excluding carboxylic acids is 1. The molecule has 0 atom stereocenters. The SMILES string of the molecule is COc1ccc(Br)cc1C(=O)N(C)CC(C)(C)O. The van der Waals surface area contributed by atoms with Gasteiger partial charge in [-0.15, -0.1) is 0 Å². The Kier molecular flexibility index (Phi) is 4.76. The molecule has 18 heavy (non-hydrogen) atoms. The molecule has 0 aliphatic carbocycles. The topological polar surface area (TPSA) is 49.8 Å². The second-order valence-corrected chi connectivity index (χ2v) is 5.73. The average molecular weight is 316 g/mol. The fourth-order valence-corrected chi connectivity index (χ4v) is 2.07. The highest BCUT2D eigenvalue weighted by atomic mass is 79.9. The van der Waals surface area contributed by atoms with Gasteiger partial charge in [-0.25, -0.2) is 0 Å². The van der Waals surface area contributed by atoms with E-state index < -0.39 is 5.60 Å². The number of amides is 1. The zero-order valence-electron chi connectivity index (χ0n) is 11.0. The van der Waals surface area contributed by atoms with E-state index in [2.05, 4.69) is 15.9 Å². The van der Waals surface area contributed by atoms with Crippen LogP contribution in [0.2, 0.25) is 0 Å². The van der Waals surface area contributed by atoms with Crippen molar-refractivity contribution in [1.82, 2.24) is 4.90 Å². The Labute approximate surface area is 116 Å². The summed E-state index contributed by atoms with van der Waals surface area (Å²) >= 11 is 3.33. The number of benzene rings is 1. The predicted molar refractivity (Wildman–Crippen MR) is 74.0 cm³/mol. The highest BCUT2D eigenvalue weighted by Crippen LogP contribution is 2.24. The molecule has 0 heterocycles. The Morgan fingerprint density at radius 2 is 2.11 bits per heavy atom. The fraction of sp³-hybridized carbons (Fsp3) is 0.462. The van der Waals surface area contributed by atoms with Crippen molar-refractivity contribution in [3.63, 3.8) is 0 Å². The molecule has 0 fully saturated rings. The van der Waals surface area contributed by atoms with Gasteiger partial charge in [0.05, 0.1) is 18.3 Å². The van der Waals surface area contributed by atoms with Crippen LogP contribution in [0.3, 0.4) is 0 Å². The van der Waals surface area contributed by atoms with E-state index >= 15 is 0 Å². The number of hydrogen-bond donors (Lipinski definition) is 1. The van der Waals surface area contributed by atoms with Crippen molar-refractivity contribution in [3.05, 3.63) is 28.2 Å². The Bertz CT molecular complexity index is 440. The molecule has 0 unspecified atom stereocenters. The number of rotatable bonds is 4. The molecule has 5 heteroatoms. The van der Waals surface area contributed by atoms with Crippen molar-refractivity contribution in [2.24, 2.45) is 0 Å². The molecule has 0 radical (unpaired) electrons. The standard InChI is InChI=1S/C13H18BrNO3/c1-13(2,17)8-15(3)12(16)10-7-9(14)5-6-11(10)18-4/h5-7,17H,8H2,1-4H3. The Balaban J connectivity index is 2.99. The van der Waals surface area contributed by atoms with Crippen LogP contribution in [0, 0.1) is 0 Å². The summed E-state index contributed by atoms with van der Waals surface area (Å²) in [6, 6.07) is 5.25. The lowest BCUT2D eigenvalue weighted by Gasteiger charge is -2.26. The summed E-state index contributed by atoms with van der Waals surface area (Å²) < 4.78 is 5.98. The molecular formula is C13H18BrNO3. The van der Waals surface area contributed by atoms with Gasteiger partial charge in [-0.3, -0.25) is 4.79 Å². The van der Waals surface area contributed by atoms with Crippen LogP contribution in [-0.4, -0.2) is 42.2 Å². The van der Waals surface area contributed by atoms with Crippen molar-refractivity contribution in [2.75, 3.05) is 20.7 Å². The second kappa shape index (κ2) is 5.71. The molecule has 4 nitrogen and oxygen atoms in total. The van der Waals surface area contributed by atoms with Gasteiger partial charge in [-0.1, -0.05) is 15.9 Å². The maximum absolute atomic E-state index is 12.3. The summed E-state index contributed by atoms with van der Waals surface area (Å²) in [5.74, 6) is 0.334. The first-order valence-electron chi connectivity index (χ1n) is 5.56. The molecule has 0 aliphatic heterocycles. The molecule has 1 aromatic rings. The molecule has 0 aliphatic rings. The highest BCUT2D eigenvalue weighted by Gasteiger charge is 2.22. The molecule has 1 N–H and O–H groups in total. The van der Waals surface area contributed by atoms with Gasteiger partial charge >= 0.3 is 0 Å². The lowest BCUT2D eigenvalue weighted by Crippen LogP contribution is -2.39. The third-order valence-electron chi connectivity index (χ3n) is 2.36. The molecular weight excluding hydrogens is 298 g/mol. The maximum atomic E-state index is 12.3. The van der Waals surface area contributed by atoms with E-state index in [0.717, 1.165) is 4.47 Å². The Morgan fingerprint density at radius 1 is 1.50 bits per heavy atom. The van der Waals surface area contributed by atoms with Crippen LogP contribution in [-0.2, 0) is 0 Å². The van der Waals surface area contributed by atoms with Gasteiger partial charge < -0.3 is 14.7 Å². The largest absolute Gasteiger partial charge is 0.496 e. The van der Waals surface area contributed by atoms with Crippen LogP contribution in [0.25, 0.3) is 0 Å². The van der Waals surface area contributed by atoms with E-state index in [1.807, 2.05) is 6.07 Å². The van der Waals surface area contributed by atoms with Crippen LogP contribution < -0.4 is 4.74 Å². The number of nitrogens with zero attached hydrogens (tertiary/aromatic N) is 1. The lowest BCUT2D eigenvalue weighted by atomic mass is 10.1. The fourth-order valence-electron chi connectivity index (χ4n) is 1.71. The normalized spacial score (nSPS) is 11.2. The predicted octanol–water partition coefficient (Wildman–Crippen LogP) is 2.30. The van der Waals surface area contributed by atoms with Gasteiger partial charge in [-0.2, -0.15) is 0 Å². The first kappa shape index (κ1) is 15.0. The molecule has 100 valence electrons. The van der Waals surface area contributed by atoms with Gasteiger partial charge in [0.15, 0.2) is 0 Å².